The molecule has 1 N–H and O–H groups in total. The van der Waals surface area contributed by atoms with Crippen LogP contribution in [-0.2, 0) is 26.0 Å². The van der Waals surface area contributed by atoms with Crippen molar-refractivity contribution in [2.75, 3.05) is 44.2 Å². The highest BCUT2D eigenvalue weighted by Crippen LogP contribution is 2.37. The van der Waals surface area contributed by atoms with Crippen molar-refractivity contribution in [1.29, 1.82) is 0 Å². The van der Waals surface area contributed by atoms with Crippen LogP contribution in [0.5, 0.6) is 0 Å². The number of carbonyl (C=O) groups excluding carboxylic acids is 2. The van der Waals surface area contributed by atoms with Crippen LogP contribution in [0.1, 0.15) is 57.9 Å². The largest absolute Gasteiger partial charge is 0.355 e. The van der Waals surface area contributed by atoms with Crippen molar-refractivity contribution in [2.45, 2.75) is 69.7 Å². The molecule has 2 saturated heterocycles. The molecular formula is C25H37BrN4O4S. The minimum absolute atomic E-state index is 0.0110. The van der Waals surface area contributed by atoms with E-state index in [1.165, 1.54) is 23.6 Å². The first-order valence-electron chi connectivity index (χ1n) is 12.9. The van der Waals surface area contributed by atoms with Crippen molar-refractivity contribution in [3.63, 3.8) is 0 Å². The maximum Gasteiger partial charge on any atom is 0.244 e. The number of carbonyl (C=O) groups is 2. The van der Waals surface area contributed by atoms with Crippen LogP contribution in [0.2, 0.25) is 0 Å². The molecule has 8 nitrogen and oxygen atoms in total. The lowest BCUT2D eigenvalue weighted by atomic mass is 9.99. The van der Waals surface area contributed by atoms with Gasteiger partial charge in [-0.2, -0.15) is 4.31 Å². The van der Waals surface area contributed by atoms with E-state index < -0.39 is 10.0 Å². The molecule has 0 unspecified atom stereocenters. The molecule has 0 saturated carbocycles. The van der Waals surface area contributed by atoms with Gasteiger partial charge in [-0.1, -0.05) is 13.3 Å². The normalized spacial score (nSPS) is 23.8. The number of benzene rings is 1. The number of fused-ring (bicyclic) bond motifs is 1. The van der Waals surface area contributed by atoms with Crippen molar-refractivity contribution < 1.29 is 18.0 Å². The Morgan fingerprint density at radius 2 is 1.91 bits per heavy atom. The fraction of sp³-hybridized carbons (Fsp3) is 0.680. The number of anilines is 1. The van der Waals surface area contributed by atoms with Gasteiger partial charge in [-0.05, 0) is 79.2 Å². The molecule has 2 atom stereocenters. The van der Waals surface area contributed by atoms with Crippen LogP contribution in [0.3, 0.4) is 0 Å². The lowest BCUT2D eigenvalue weighted by molar-refractivity contribution is -0.126. The van der Waals surface area contributed by atoms with Crippen LogP contribution < -0.4 is 10.2 Å². The number of hydrogen-bond donors (Lipinski definition) is 1. The van der Waals surface area contributed by atoms with Crippen molar-refractivity contribution in [3.8, 4) is 0 Å². The predicted molar refractivity (Wildman–Crippen MR) is 140 cm³/mol. The highest BCUT2D eigenvalue weighted by Gasteiger charge is 2.36. The Morgan fingerprint density at radius 1 is 1.11 bits per heavy atom. The fourth-order valence-corrected chi connectivity index (χ4v) is 8.10. The summed E-state index contributed by atoms with van der Waals surface area (Å²) in [5.74, 6) is -0.436. The molecule has 0 aliphatic carbocycles. The van der Waals surface area contributed by atoms with Gasteiger partial charge in [-0.25, -0.2) is 8.42 Å². The van der Waals surface area contributed by atoms with Gasteiger partial charge < -0.3 is 10.2 Å². The molecule has 194 valence electrons. The van der Waals surface area contributed by atoms with Gasteiger partial charge in [-0.15, -0.1) is 0 Å². The Morgan fingerprint density at radius 3 is 2.66 bits per heavy atom. The Labute approximate surface area is 217 Å². The van der Waals surface area contributed by atoms with E-state index in [9.17, 15) is 18.0 Å². The summed E-state index contributed by atoms with van der Waals surface area (Å²) in [4.78, 5) is 29.5. The zero-order chi connectivity index (χ0) is 25.2. The summed E-state index contributed by atoms with van der Waals surface area (Å²) in [7, 11) is -3.82. The van der Waals surface area contributed by atoms with Crippen LogP contribution in [-0.4, -0.2) is 74.7 Å². The van der Waals surface area contributed by atoms with Crippen molar-refractivity contribution >= 4 is 43.5 Å². The average molecular weight is 570 g/mol. The maximum absolute atomic E-state index is 13.6. The first-order valence-corrected chi connectivity index (χ1v) is 15.1. The number of hydrogen-bond acceptors (Lipinski definition) is 5. The second kappa shape index (κ2) is 11.3. The van der Waals surface area contributed by atoms with E-state index in [4.69, 9.17) is 0 Å². The molecule has 4 rings (SSSR count). The van der Waals surface area contributed by atoms with Crippen molar-refractivity contribution in [2.24, 2.45) is 5.92 Å². The summed E-state index contributed by atoms with van der Waals surface area (Å²) >= 11 is 3.45. The number of rotatable bonds is 7. The van der Waals surface area contributed by atoms with Gasteiger partial charge in [0.2, 0.25) is 21.8 Å². The summed E-state index contributed by atoms with van der Waals surface area (Å²) in [6, 6.07) is 3.99. The standard InChI is InChI=1S/C25H37BrN4O4S/c1-3-24(31)30-13-9-19-15-21(26)23(16-22(19)30)35(33,34)29-12-6-8-20(17-29)25(32)27-10-14-28-11-5-4-7-18(28)2/h15-16,18,20H,3-14,17H2,1-2H3,(H,27,32)/t18-,20+/m0/s1. The Kier molecular flexibility index (Phi) is 8.56. The lowest BCUT2D eigenvalue weighted by Crippen LogP contribution is -2.47. The lowest BCUT2D eigenvalue weighted by Gasteiger charge is -2.34. The van der Waals surface area contributed by atoms with Gasteiger partial charge in [0.1, 0.15) is 0 Å². The van der Waals surface area contributed by atoms with E-state index in [0.29, 0.717) is 61.5 Å². The van der Waals surface area contributed by atoms with E-state index in [0.717, 1.165) is 18.7 Å². The second-order valence-electron chi connectivity index (χ2n) is 9.93. The van der Waals surface area contributed by atoms with E-state index >= 15 is 0 Å². The minimum Gasteiger partial charge on any atom is -0.355 e. The summed E-state index contributed by atoms with van der Waals surface area (Å²) < 4.78 is 29.2. The number of nitrogens with zero attached hydrogens (tertiary/aromatic N) is 3. The Hall–Kier alpha value is -1.49. The zero-order valence-electron chi connectivity index (χ0n) is 20.8. The number of likely N-dealkylation sites (tertiary alicyclic amines) is 1. The minimum atomic E-state index is -3.82. The number of piperidine rings is 2. The third-order valence-corrected chi connectivity index (χ3v) is 10.5. The molecule has 2 fully saturated rings. The maximum atomic E-state index is 13.6. The number of sulfonamides is 1. The Bertz CT molecular complexity index is 1060. The SMILES string of the molecule is CCC(=O)N1CCc2cc(Br)c(S(=O)(=O)N3CCC[C@@H](C(=O)NCCN4CCCC[C@@H]4C)C3)cc21. The summed E-state index contributed by atoms with van der Waals surface area (Å²) in [6.45, 7) is 7.67. The van der Waals surface area contributed by atoms with Gasteiger partial charge in [-0.3, -0.25) is 14.5 Å². The number of halogens is 1. The molecule has 3 aliphatic heterocycles. The van der Waals surface area contributed by atoms with E-state index in [1.54, 1.807) is 11.0 Å². The van der Waals surface area contributed by atoms with Crippen molar-refractivity contribution in [1.82, 2.24) is 14.5 Å². The van der Waals surface area contributed by atoms with Gasteiger partial charge in [0.25, 0.3) is 0 Å². The highest BCUT2D eigenvalue weighted by atomic mass is 79.9. The molecular weight excluding hydrogens is 532 g/mol. The smallest absolute Gasteiger partial charge is 0.244 e. The van der Waals surface area contributed by atoms with Gasteiger partial charge in [0.05, 0.1) is 10.8 Å². The van der Waals surface area contributed by atoms with Crippen LogP contribution >= 0.6 is 15.9 Å². The molecule has 1 aromatic carbocycles. The first kappa shape index (κ1) is 26.6. The van der Waals surface area contributed by atoms with E-state index in [2.05, 4.69) is 33.1 Å². The second-order valence-corrected chi connectivity index (χ2v) is 12.7. The summed E-state index contributed by atoms with van der Waals surface area (Å²) in [6.07, 6.45) is 6.08. The molecule has 0 radical (unpaired) electrons. The third-order valence-electron chi connectivity index (χ3n) is 7.64. The number of nitrogens with one attached hydrogen (secondary N) is 1. The van der Waals surface area contributed by atoms with E-state index in [-0.39, 0.29) is 29.2 Å². The van der Waals surface area contributed by atoms with Crippen LogP contribution in [0, 0.1) is 5.92 Å². The molecule has 35 heavy (non-hydrogen) atoms. The molecule has 10 heteroatoms. The molecule has 0 bridgehead atoms. The summed E-state index contributed by atoms with van der Waals surface area (Å²) in [5, 5.41) is 3.05. The van der Waals surface area contributed by atoms with Crippen LogP contribution in [0.4, 0.5) is 5.69 Å². The molecule has 3 heterocycles. The summed E-state index contributed by atoms with van der Waals surface area (Å²) in [5.41, 5.74) is 1.65. The zero-order valence-corrected chi connectivity index (χ0v) is 23.2. The third kappa shape index (κ3) is 5.76. The topological polar surface area (TPSA) is 90.0 Å². The molecule has 1 aromatic rings. The van der Waals surface area contributed by atoms with Crippen LogP contribution in [0.15, 0.2) is 21.5 Å². The molecule has 0 aromatic heterocycles. The molecule has 3 aliphatic rings. The highest BCUT2D eigenvalue weighted by molar-refractivity contribution is 9.10. The monoisotopic (exact) mass is 568 g/mol. The predicted octanol–water partition coefficient (Wildman–Crippen LogP) is 3.14. The van der Waals surface area contributed by atoms with Gasteiger partial charge in [0.15, 0.2) is 0 Å². The van der Waals surface area contributed by atoms with Crippen molar-refractivity contribution in [3.05, 3.63) is 22.2 Å². The first-order chi connectivity index (χ1) is 16.7. The molecule has 2 amide bonds. The number of amides is 2. The van der Waals surface area contributed by atoms with Crippen LogP contribution in [0.25, 0.3) is 0 Å². The molecule has 0 spiro atoms. The quantitative estimate of drug-likeness (QED) is 0.545. The Balaban J connectivity index is 1.42. The van der Waals surface area contributed by atoms with E-state index in [1.807, 2.05) is 13.0 Å². The average Bonchev–Trinajstić information content (AvgIpc) is 3.26. The van der Waals surface area contributed by atoms with Gasteiger partial charge in [0, 0.05) is 55.3 Å². The fourth-order valence-electron chi connectivity index (χ4n) is 5.51. The van der Waals surface area contributed by atoms with Gasteiger partial charge >= 0.3 is 0 Å².